The first-order valence-electron chi connectivity index (χ1n) is 7.92. The SMILES string of the molecule is CCC(=O)CCC(C)(CCC(=O)CC)CCC(=O)CC. The molecule has 0 saturated heterocycles. The second kappa shape index (κ2) is 9.84. The van der Waals surface area contributed by atoms with Gasteiger partial charge in [-0.05, 0) is 24.7 Å². The van der Waals surface area contributed by atoms with E-state index >= 15 is 0 Å². The average molecular weight is 282 g/mol. The summed E-state index contributed by atoms with van der Waals surface area (Å²) in [6.45, 7) is 7.74. The number of carbonyl (C=O) groups is 3. The van der Waals surface area contributed by atoms with Gasteiger partial charge >= 0.3 is 0 Å². The number of Topliss-reactive ketones (excluding diaryl/α,β-unsaturated/α-hetero) is 3. The molecule has 0 heterocycles. The Labute approximate surface area is 123 Å². The van der Waals surface area contributed by atoms with Crippen molar-refractivity contribution < 1.29 is 14.4 Å². The largest absolute Gasteiger partial charge is 0.300 e. The van der Waals surface area contributed by atoms with Gasteiger partial charge in [-0.25, -0.2) is 0 Å². The molecule has 0 atom stereocenters. The summed E-state index contributed by atoms with van der Waals surface area (Å²) in [6, 6.07) is 0. The second-order valence-corrected chi connectivity index (χ2v) is 5.99. The molecule has 116 valence electrons. The quantitative estimate of drug-likeness (QED) is 0.537. The maximum absolute atomic E-state index is 11.5. The van der Waals surface area contributed by atoms with Crippen LogP contribution in [0.2, 0.25) is 0 Å². The fourth-order valence-corrected chi connectivity index (χ4v) is 2.23. The van der Waals surface area contributed by atoms with Crippen molar-refractivity contribution in [2.75, 3.05) is 0 Å². The minimum Gasteiger partial charge on any atom is -0.300 e. The lowest BCUT2D eigenvalue weighted by Crippen LogP contribution is -2.21. The van der Waals surface area contributed by atoms with Crippen molar-refractivity contribution in [1.82, 2.24) is 0 Å². The lowest BCUT2D eigenvalue weighted by Gasteiger charge is -2.29. The maximum Gasteiger partial charge on any atom is 0.132 e. The minimum atomic E-state index is -0.0690. The molecule has 0 aromatic heterocycles. The summed E-state index contributed by atoms with van der Waals surface area (Å²) in [6.07, 6.45) is 5.75. The summed E-state index contributed by atoms with van der Waals surface area (Å²) in [5.74, 6) is 0.791. The highest BCUT2D eigenvalue weighted by atomic mass is 16.1. The standard InChI is InChI=1S/C17H30O3/c1-5-14(18)8-11-17(4,12-9-15(19)6-2)13-10-16(20)7-3/h5-13H2,1-4H3. The Bertz CT molecular complexity index is 281. The zero-order valence-corrected chi connectivity index (χ0v) is 13.6. The van der Waals surface area contributed by atoms with Crippen LogP contribution in [0.15, 0.2) is 0 Å². The summed E-state index contributed by atoms with van der Waals surface area (Å²) in [5.41, 5.74) is -0.0690. The monoisotopic (exact) mass is 282 g/mol. The lowest BCUT2D eigenvalue weighted by atomic mass is 9.75. The van der Waals surface area contributed by atoms with Gasteiger partial charge in [-0.2, -0.15) is 0 Å². The molecule has 0 saturated carbocycles. The first-order chi connectivity index (χ1) is 9.36. The highest BCUT2D eigenvalue weighted by molar-refractivity contribution is 5.79. The molecule has 0 aromatic carbocycles. The van der Waals surface area contributed by atoms with Crippen LogP contribution in [-0.2, 0) is 14.4 Å². The molecule has 0 N–H and O–H groups in total. The molecule has 0 spiro atoms. The Balaban J connectivity index is 4.51. The van der Waals surface area contributed by atoms with Crippen LogP contribution in [0.3, 0.4) is 0 Å². The van der Waals surface area contributed by atoms with Crippen LogP contribution in [-0.4, -0.2) is 17.3 Å². The normalized spacial score (nSPS) is 11.4. The van der Waals surface area contributed by atoms with Crippen molar-refractivity contribution in [3.8, 4) is 0 Å². The third kappa shape index (κ3) is 8.23. The van der Waals surface area contributed by atoms with Crippen LogP contribution >= 0.6 is 0 Å². The van der Waals surface area contributed by atoms with Gasteiger partial charge in [0.1, 0.15) is 17.3 Å². The van der Waals surface area contributed by atoms with Crippen molar-refractivity contribution in [3.63, 3.8) is 0 Å². The van der Waals surface area contributed by atoms with E-state index < -0.39 is 0 Å². The van der Waals surface area contributed by atoms with Crippen LogP contribution in [0.1, 0.15) is 85.5 Å². The Morgan fingerprint density at radius 2 is 0.900 bits per heavy atom. The zero-order chi connectivity index (χ0) is 15.6. The van der Waals surface area contributed by atoms with Gasteiger partial charge in [0.15, 0.2) is 0 Å². The van der Waals surface area contributed by atoms with Crippen molar-refractivity contribution in [3.05, 3.63) is 0 Å². The average Bonchev–Trinajstić information content (AvgIpc) is 2.47. The molecule has 0 unspecified atom stereocenters. The van der Waals surface area contributed by atoms with E-state index in [9.17, 15) is 14.4 Å². The predicted octanol–water partition coefficient (Wildman–Crippen LogP) is 4.27. The summed E-state index contributed by atoms with van der Waals surface area (Å²) in [4.78, 5) is 34.5. The summed E-state index contributed by atoms with van der Waals surface area (Å²) in [7, 11) is 0. The molecule has 0 aliphatic heterocycles. The van der Waals surface area contributed by atoms with E-state index in [1.165, 1.54) is 0 Å². The number of hydrogen-bond donors (Lipinski definition) is 0. The Morgan fingerprint density at radius 1 is 0.650 bits per heavy atom. The third-order valence-corrected chi connectivity index (χ3v) is 4.21. The molecule has 0 aliphatic rings. The summed E-state index contributed by atoms with van der Waals surface area (Å²) >= 11 is 0. The Morgan fingerprint density at radius 3 is 1.10 bits per heavy atom. The smallest absolute Gasteiger partial charge is 0.132 e. The van der Waals surface area contributed by atoms with Gasteiger partial charge in [-0.15, -0.1) is 0 Å². The van der Waals surface area contributed by atoms with Gasteiger partial charge in [0.25, 0.3) is 0 Å². The molecular weight excluding hydrogens is 252 g/mol. The lowest BCUT2D eigenvalue weighted by molar-refractivity contribution is -0.119. The molecule has 20 heavy (non-hydrogen) atoms. The molecular formula is C17H30O3. The summed E-state index contributed by atoms with van der Waals surface area (Å²) < 4.78 is 0. The molecule has 0 radical (unpaired) electrons. The van der Waals surface area contributed by atoms with E-state index in [1.807, 2.05) is 20.8 Å². The third-order valence-electron chi connectivity index (χ3n) is 4.21. The number of hydrogen-bond acceptors (Lipinski definition) is 3. The molecule has 0 rings (SSSR count). The maximum atomic E-state index is 11.5. The number of carbonyl (C=O) groups excluding carboxylic acids is 3. The highest BCUT2D eigenvalue weighted by Gasteiger charge is 2.26. The van der Waals surface area contributed by atoms with Crippen molar-refractivity contribution in [2.24, 2.45) is 5.41 Å². The fourth-order valence-electron chi connectivity index (χ4n) is 2.23. The van der Waals surface area contributed by atoms with Gasteiger partial charge in [0.05, 0.1) is 0 Å². The molecule has 3 heteroatoms. The van der Waals surface area contributed by atoms with Crippen molar-refractivity contribution in [1.29, 1.82) is 0 Å². The van der Waals surface area contributed by atoms with Crippen LogP contribution < -0.4 is 0 Å². The molecule has 3 nitrogen and oxygen atoms in total. The van der Waals surface area contributed by atoms with Crippen LogP contribution in [0.4, 0.5) is 0 Å². The highest BCUT2D eigenvalue weighted by Crippen LogP contribution is 2.35. The second-order valence-electron chi connectivity index (χ2n) is 5.99. The van der Waals surface area contributed by atoms with E-state index in [0.29, 0.717) is 38.5 Å². The number of ketones is 3. The summed E-state index contributed by atoms with van der Waals surface area (Å²) in [5, 5.41) is 0. The van der Waals surface area contributed by atoms with E-state index in [2.05, 4.69) is 6.92 Å². The molecule has 0 aromatic rings. The molecule has 0 bridgehead atoms. The topological polar surface area (TPSA) is 51.2 Å². The van der Waals surface area contributed by atoms with Crippen LogP contribution in [0.25, 0.3) is 0 Å². The first-order valence-corrected chi connectivity index (χ1v) is 7.92. The first kappa shape index (κ1) is 19.0. The number of rotatable bonds is 12. The molecule has 0 fully saturated rings. The van der Waals surface area contributed by atoms with E-state index in [0.717, 1.165) is 19.3 Å². The molecule has 0 amide bonds. The van der Waals surface area contributed by atoms with Crippen LogP contribution in [0, 0.1) is 5.41 Å². The molecule has 0 aliphatic carbocycles. The zero-order valence-electron chi connectivity index (χ0n) is 13.6. The van der Waals surface area contributed by atoms with Gasteiger partial charge in [-0.1, -0.05) is 27.7 Å². The van der Waals surface area contributed by atoms with E-state index in [1.54, 1.807) is 0 Å². The van der Waals surface area contributed by atoms with Gasteiger partial charge in [-0.3, -0.25) is 14.4 Å². The van der Waals surface area contributed by atoms with Gasteiger partial charge < -0.3 is 0 Å². The Hall–Kier alpha value is -0.990. The van der Waals surface area contributed by atoms with E-state index in [-0.39, 0.29) is 22.8 Å². The van der Waals surface area contributed by atoms with Crippen molar-refractivity contribution >= 4 is 17.3 Å². The minimum absolute atomic E-state index is 0.0690. The fraction of sp³-hybridized carbons (Fsp3) is 0.824. The van der Waals surface area contributed by atoms with Crippen LogP contribution in [0.5, 0.6) is 0 Å². The van der Waals surface area contributed by atoms with Crippen molar-refractivity contribution in [2.45, 2.75) is 85.5 Å². The van der Waals surface area contributed by atoms with Gasteiger partial charge in [0.2, 0.25) is 0 Å². The van der Waals surface area contributed by atoms with E-state index in [4.69, 9.17) is 0 Å². The van der Waals surface area contributed by atoms with Gasteiger partial charge in [0, 0.05) is 38.5 Å². The predicted molar refractivity (Wildman–Crippen MR) is 81.7 cm³/mol. The Kier molecular flexibility index (Phi) is 9.35.